The first-order chi connectivity index (χ1) is 48.1. The van der Waals surface area contributed by atoms with Gasteiger partial charge in [0.05, 0.1) is 26.4 Å². The second kappa shape index (κ2) is 70.1. The summed E-state index contributed by atoms with van der Waals surface area (Å²) in [5, 5.41) is 10.6. The number of carbonyl (C=O) groups excluding carboxylic acids is 4. The third-order valence-electron chi connectivity index (χ3n) is 18.8. The van der Waals surface area contributed by atoms with E-state index in [0.717, 1.165) is 114 Å². The van der Waals surface area contributed by atoms with E-state index >= 15 is 0 Å². The van der Waals surface area contributed by atoms with Gasteiger partial charge < -0.3 is 33.8 Å². The summed E-state index contributed by atoms with van der Waals surface area (Å²) in [5.74, 6) is 0.961. The van der Waals surface area contributed by atoms with Crippen molar-refractivity contribution < 1.29 is 80.2 Å². The lowest BCUT2D eigenvalue weighted by molar-refractivity contribution is -0.161. The lowest BCUT2D eigenvalue weighted by Crippen LogP contribution is -2.30. The Morgan fingerprint density at radius 1 is 0.250 bits per heavy atom. The van der Waals surface area contributed by atoms with Crippen LogP contribution in [0.3, 0.4) is 0 Å². The number of rotatable bonds is 78. The first kappa shape index (κ1) is 98.1. The van der Waals surface area contributed by atoms with Crippen molar-refractivity contribution in [1.29, 1.82) is 0 Å². The van der Waals surface area contributed by atoms with Crippen LogP contribution in [0, 0.1) is 23.7 Å². The summed E-state index contributed by atoms with van der Waals surface area (Å²) in [4.78, 5) is 73.0. The number of aliphatic hydroxyl groups is 1. The molecule has 3 unspecified atom stereocenters. The Morgan fingerprint density at radius 3 is 0.620 bits per heavy atom. The normalized spacial score (nSPS) is 14.0. The quantitative estimate of drug-likeness (QED) is 0.0222. The van der Waals surface area contributed by atoms with Crippen LogP contribution in [-0.4, -0.2) is 96.7 Å². The molecule has 5 atom stereocenters. The second-order valence-electron chi connectivity index (χ2n) is 31.1. The SMILES string of the molecule is CC(C)CCCCCCCCCCCCCCCCCCC(=O)O[C@H](COC(=O)CCCCCCCCCC(C)C)COP(=O)(O)OCC(O)COP(=O)(O)OC[C@@H](COC(=O)CCCCCCCCCCCCC(C)C)OC(=O)CCCCCCCCCCCCCCCCCC(C)C. The van der Waals surface area contributed by atoms with Crippen molar-refractivity contribution in [1.82, 2.24) is 0 Å². The summed E-state index contributed by atoms with van der Waals surface area (Å²) in [6.07, 6.45) is 57.0. The molecule has 0 fully saturated rings. The van der Waals surface area contributed by atoms with Crippen LogP contribution in [-0.2, 0) is 65.4 Å². The molecule has 0 rings (SSSR count). The van der Waals surface area contributed by atoms with Crippen molar-refractivity contribution in [2.24, 2.45) is 23.7 Å². The van der Waals surface area contributed by atoms with Crippen LogP contribution >= 0.6 is 15.6 Å². The van der Waals surface area contributed by atoms with Gasteiger partial charge >= 0.3 is 39.5 Å². The molecule has 0 spiro atoms. The summed E-state index contributed by atoms with van der Waals surface area (Å²) in [7, 11) is -9.92. The van der Waals surface area contributed by atoms with Crippen molar-refractivity contribution >= 4 is 39.5 Å². The van der Waals surface area contributed by atoms with E-state index < -0.39 is 97.5 Å². The molecule has 0 aliphatic heterocycles. The fourth-order valence-electron chi connectivity index (χ4n) is 12.4. The standard InChI is InChI=1S/C81H158O17P2/c1-71(2)57-49-41-33-26-20-16-12-9-10-14-18-22-30-38-47-55-64-81(86)98-77(68-92-79(84)62-54-46-40-32-36-44-52-60-74(7)8)70-96-100(89,90)94-66-75(82)65-93-99(87,88)95-69-76(67-91-78(83)61-53-45-37-29-25-24-28-35-43-51-59-73(5)6)97-80(85)63-56-48-39-31-23-19-15-11-13-17-21-27-34-42-50-58-72(3)4/h71-77,82H,9-70H2,1-8H3,(H,87,88)(H,89,90)/t75?,76-,77-/m1/s1. The van der Waals surface area contributed by atoms with Gasteiger partial charge in [0.2, 0.25) is 0 Å². The number of esters is 4. The number of ether oxygens (including phenoxy) is 4. The number of phosphoric acid groups is 2. The van der Waals surface area contributed by atoms with Crippen LogP contribution in [0.25, 0.3) is 0 Å². The molecule has 0 aliphatic rings. The summed E-state index contributed by atoms with van der Waals surface area (Å²) < 4.78 is 68.7. The highest BCUT2D eigenvalue weighted by Crippen LogP contribution is 2.45. The second-order valence-corrected chi connectivity index (χ2v) is 34.0. The van der Waals surface area contributed by atoms with Gasteiger partial charge in [-0.2, -0.15) is 0 Å². The minimum atomic E-state index is -4.96. The predicted molar refractivity (Wildman–Crippen MR) is 409 cm³/mol. The summed E-state index contributed by atoms with van der Waals surface area (Å²) in [5.41, 5.74) is 0. The summed E-state index contributed by atoms with van der Waals surface area (Å²) in [6, 6.07) is 0. The number of carbonyl (C=O) groups is 4. The maximum Gasteiger partial charge on any atom is 0.472 e. The van der Waals surface area contributed by atoms with Gasteiger partial charge in [-0.25, -0.2) is 9.13 Å². The smallest absolute Gasteiger partial charge is 0.462 e. The van der Waals surface area contributed by atoms with E-state index in [1.54, 1.807) is 0 Å². The van der Waals surface area contributed by atoms with E-state index in [1.807, 2.05) is 0 Å². The first-order valence-corrected chi connectivity index (χ1v) is 44.7. The van der Waals surface area contributed by atoms with Gasteiger partial charge in [-0.1, -0.05) is 364 Å². The lowest BCUT2D eigenvalue weighted by atomic mass is 10.0. The Morgan fingerprint density at radius 2 is 0.420 bits per heavy atom. The van der Waals surface area contributed by atoms with Gasteiger partial charge in [0, 0.05) is 25.7 Å². The molecule has 0 saturated heterocycles. The Balaban J connectivity index is 5.22. The van der Waals surface area contributed by atoms with E-state index in [4.69, 9.17) is 37.0 Å². The minimum absolute atomic E-state index is 0.107. The molecule has 17 nitrogen and oxygen atoms in total. The molecule has 100 heavy (non-hydrogen) atoms. The Hall–Kier alpha value is -1.94. The minimum Gasteiger partial charge on any atom is -0.462 e. The molecule has 594 valence electrons. The van der Waals surface area contributed by atoms with Crippen LogP contribution in [0.15, 0.2) is 0 Å². The zero-order chi connectivity index (χ0) is 73.8. The van der Waals surface area contributed by atoms with Crippen LogP contribution in [0.4, 0.5) is 0 Å². The van der Waals surface area contributed by atoms with Gasteiger partial charge in [0.25, 0.3) is 0 Å². The van der Waals surface area contributed by atoms with Crippen LogP contribution < -0.4 is 0 Å². The van der Waals surface area contributed by atoms with E-state index in [-0.39, 0.29) is 25.7 Å². The Labute approximate surface area is 613 Å². The Bertz CT molecular complexity index is 1950. The maximum absolute atomic E-state index is 13.1. The molecule has 0 aromatic carbocycles. The fourth-order valence-corrected chi connectivity index (χ4v) is 14.0. The molecular weight excluding hydrogens is 1310 g/mol. The third-order valence-corrected chi connectivity index (χ3v) is 20.7. The van der Waals surface area contributed by atoms with E-state index in [9.17, 15) is 43.2 Å². The highest BCUT2D eigenvalue weighted by molar-refractivity contribution is 7.47. The number of hydrogen-bond donors (Lipinski definition) is 3. The highest BCUT2D eigenvalue weighted by Gasteiger charge is 2.30. The molecule has 0 heterocycles. The zero-order valence-corrected chi connectivity index (χ0v) is 67.6. The van der Waals surface area contributed by atoms with Crippen molar-refractivity contribution in [3.63, 3.8) is 0 Å². The van der Waals surface area contributed by atoms with Gasteiger partial charge in [-0.05, 0) is 49.4 Å². The number of aliphatic hydroxyl groups excluding tert-OH is 1. The van der Waals surface area contributed by atoms with Crippen LogP contribution in [0.2, 0.25) is 0 Å². The molecular formula is C81H158O17P2. The first-order valence-electron chi connectivity index (χ1n) is 41.7. The average Bonchev–Trinajstić information content (AvgIpc) is 0.936. The van der Waals surface area contributed by atoms with Crippen molar-refractivity contribution in [3.05, 3.63) is 0 Å². The molecule has 0 aromatic heterocycles. The maximum atomic E-state index is 13.1. The van der Waals surface area contributed by atoms with Crippen LogP contribution in [0.1, 0.15) is 415 Å². The predicted octanol–water partition coefficient (Wildman–Crippen LogP) is 24.0. The van der Waals surface area contributed by atoms with Crippen molar-refractivity contribution in [3.8, 4) is 0 Å². The van der Waals surface area contributed by atoms with Gasteiger partial charge in [-0.3, -0.25) is 37.3 Å². The molecule has 0 saturated carbocycles. The van der Waals surface area contributed by atoms with Crippen molar-refractivity contribution in [2.75, 3.05) is 39.6 Å². The average molecular weight is 1470 g/mol. The molecule has 0 aliphatic carbocycles. The summed E-state index contributed by atoms with van der Waals surface area (Å²) in [6.45, 7) is 14.2. The monoisotopic (exact) mass is 1470 g/mol. The Kier molecular flexibility index (Phi) is 68.7. The molecule has 19 heteroatoms. The fraction of sp³-hybridized carbons (Fsp3) is 0.951. The van der Waals surface area contributed by atoms with Gasteiger partial charge in [0.1, 0.15) is 19.3 Å². The lowest BCUT2D eigenvalue weighted by Gasteiger charge is -2.21. The number of hydrogen-bond acceptors (Lipinski definition) is 15. The molecule has 3 N–H and O–H groups in total. The van der Waals surface area contributed by atoms with E-state index in [0.29, 0.717) is 31.6 Å². The van der Waals surface area contributed by atoms with Gasteiger partial charge in [0.15, 0.2) is 12.2 Å². The van der Waals surface area contributed by atoms with E-state index in [2.05, 4.69) is 55.4 Å². The van der Waals surface area contributed by atoms with E-state index in [1.165, 1.54) is 212 Å². The summed E-state index contributed by atoms with van der Waals surface area (Å²) >= 11 is 0. The highest BCUT2D eigenvalue weighted by atomic mass is 31.2. The number of unbranched alkanes of at least 4 members (excludes halogenated alkanes) is 44. The molecule has 0 aromatic rings. The van der Waals surface area contributed by atoms with Crippen LogP contribution in [0.5, 0.6) is 0 Å². The molecule has 0 radical (unpaired) electrons. The number of phosphoric ester groups is 2. The van der Waals surface area contributed by atoms with Gasteiger partial charge in [-0.15, -0.1) is 0 Å². The molecule has 0 bridgehead atoms. The van der Waals surface area contributed by atoms with Crippen molar-refractivity contribution in [2.45, 2.75) is 433 Å². The largest absolute Gasteiger partial charge is 0.472 e. The zero-order valence-electron chi connectivity index (χ0n) is 65.8. The topological polar surface area (TPSA) is 237 Å². The third kappa shape index (κ3) is 74.3. The molecule has 0 amide bonds.